The Morgan fingerprint density at radius 2 is 1.71 bits per heavy atom. The minimum atomic E-state index is 0.102. The van der Waals surface area contributed by atoms with Crippen LogP contribution in [0, 0.1) is 0 Å². The van der Waals surface area contributed by atoms with Gasteiger partial charge >= 0.3 is 0 Å². The predicted molar refractivity (Wildman–Crippen MR) is 68.6 cm³/mol. The molecule has 3 heteroatoms. The van der Waals surface area contributed by atoms with E-state index in [2.05, 4.69) is 56.7 Å². The van der Waals surface area contributed by atoms with Gasteiger partial charge in [-0.2, -0.15) is 0 Å². The second-order valence-electron chi connectivity index (χ2n) is 4.26. The molecule has 0 unspecified atom stereocenters. The topological polar surface area (TPSA) is 6.48 Å². The van der Waals surface area contributed by atoms with Gasteiger partial charge in [-0.25, -0.2) is 0 Å². The molecule has 0 fully saturated rings. The molecule has 0 N–H and O–H groups in total. The monoisotopic (exact) mass is 214 g/mol. The van der Waals surface area contributed by atoms with Gasteiger partial charge in [0.15, 0.2) is 0 Å². The lowest BCUT2D eigenvalue weighted by atomic mass is 10.2. The maximum Gasteiger partial charge on any atom is 0.0612 e. The molecule has 0 atom stereocenters. The van der Waals surface area contributed by atoms with Crippen molar-refractivity contribution in [3.63, 3.8) is 0 Å². The first kappa shape index (κ1) is 13.9. The van der Waals surface area contributed by atoms with Crippen LogP contribution < -0.4 is 0 Å². The van der Waals surface area contributed by atoms with Crippen molar-refractivity contribution in [1.29, 1.82) is 0 Å². The second-order valence-corrected chi connectivity index (χ2v) is 6.02. The van der Waals surface area contributed by atoms with Gasteiger partial charge in [-0.3, -0.25) is 9.80 Å². The van der Waals surface area contributed by atoms with E-state index in [1.807, 2.05) is 0 Å². The zero-order valence-corrected chi connectivity index (χ0v) is 11.9. The summed E-state index contributed by atoms with van der Waals surface area (Å²) in [5.41, 5.74) is 2.39. The maximum absolute atomic E-state index is 2.39. The van der Waals surface area contributed by atoms with Crippen LogP contribution in [0.4, 0.5) is 0 Å². The summed E-state index contributed by atoms with van der Waals surface area (Å²) in [5, 5.41) is 0. The lowest BCUT2D eigenvalue weighted by molar-refractivity contribution is 0.119. The summed E-state index contributed by atoms with van der Waals surface area (Å²) < 4.78 is 0. The molecule has 0 saturated carbocycles. The standard InChI is InChI=1S/C11H26N2Si/c1-6-9-14-10-7-8-11(12(2)3)13(4)5/h6,9,11H,7-8,10,14H2,1-5H3. The molecule has 0 aliphatic rings. The number of hydrogen-bond acceptors (Lipinski definition) is 2. The van der Waals surface area contributed by atoms with E-state index in [4.69, 9.17) is 0 Å². The van der Waals surface area contributed by atoms with Gasteiger partial charge in [0.1, 0.15) is 0 Å². The van der Waals surface area contributed by atoms with Gasteiger partial charge in [0.2, 0.25) is 0 Å². The van der Waals surface area contributed by atoms with E-state index in [0.717, 1.165) is 0 Å². The molecule has 0 aromatic rings. The van der Waals surface area contributed by atoms with Gasteiger partial charge in [-0.05, 0) is 41.5 Å². The number of nitrogens with zero attached hydrogens (tertiary/aromatic N) is 2. The number of hydrogen-bond donors (Lipinski definition) is 0. The third-order valence-corrected chi connectivity index (χ3v) is 4.22. The normalized spacial score (nSPS) is 13.4. The largest absolute Gasteiger partial charge is 0.294 e. The van der Waals surface area contributed by atoms with Crippen LogP contribution in [0.5, 0.6) is 0 Å². The first-order valence-corrected chi connectivity index (χ1v) is 7.35. The van der Waals surface area contributed by atoms with Crippen molar-refractivity contribution in [1.82, 2.24) is 9.80 Å². The molecule has 0 radical (unpaired) electrons. The molecule has 0 aliphatic carbocycles. The van der Waals surface area contributed by atoms with E-state index in [-0.39, 0.29) is 9.52 Å². The first-order valence-electron chi connectivity index (χ1n) is 5.53. The molecule has 0 aromatic heterocycles. The van der Waals surface area contributed by atoms with E-state index in [0.29, 0.717) is 6.17 Å². The zero-order valence-electron chi connectivity index (χ0n) is 10.5. The Morgan fingerprint density at radius 3 is 2.14 bits per heavy atom. The smallest absolute Gasteiger partial charge is 0.0612 e. The Balaban J connectivity index is 3.61. The van der Waals surface area contributed by atoms with Crippen LogP contribution in [0.15, 0.2) is 11.8 Å². The third-order valence-electron chi connectivity index (χ3n) is 2.51. The van der Waals surface area contributed by atoms with Crippen molar-refractivity contribution in [2.75, 3.05) is 28.2 Å². The van der Waals surface area contributed by atoms with Crippen LogP contribution in [0.1, 0.15) is 19.8 Å². The molecule has 2 nitrogen and oxygen atoms in total. The lowest BCUT2D eigenvalue weighted by Gasteiger charge is -2.30. The molecular weight excluding hydrogens is 188 g/mol. The fraction of sp³-hybridized carbons (Fsp3) is 0.818. The zero-order chi connectivity index (χ0) is 11.0. The van der Waals surface area contributed by atoms with Gasteiger partial charge in [0.25, 0.3) is 0 Å². The van der Waals surface area contributed by atoms with Crippen LogP contribution in [0.3, 0.4) is 0 Å². The van der Waals surface area contributed by atoms with E-state index in [1.54, 1.807) is 0 Å². The van der Waals surface area contributed by atoms with Crippen molar-refractivity contribution >= 4 is 9.52 Å². The van der Waals surface area contributed by atoms with Gasteiger partial charge in [-0.1, -0.05) is 18.5 Å². The summed E-state index contributed by atoms with van der Waals surface area (Å²) in [5.74, 6) is 0. The summed E-state index contributed by atoms with van der Waals surface area (Å²) >= 11 is 0. The summed E-state index contributed by atoms with van der Waals surface area (Å²) in [6.07, 6.45) is 5.47. The molecule has 0 saturated heterocycles. The van der Waals surface area contributed by atoms with E-state index in [9.17, 15) is 0 Å². The molecule has 0 rings (SSSR count). The quantitative estimate of drug-likeness (QED) is 0.358. The van der Waals surface area contributed by atoms with Crippen molar-refractivity contribution < 1.29 is 0 Å². The van der Waals surface area contributed by atoms with E-state index < -0.39 is 0 Å². The predicted octanol–water partition coefficient (Wildman–Crippen LogP) is 1.34. The average Bonchev–Trinajstić information content (AvgIpc) is 2.09. The van der Waals surface area contributed by atoms with Gasteiger partial charge < -0.3 is 0 Å². The minimum Gasteiger partial charge on any atom is -0.294 e. The SMILES string of the molecule is CC=C[SiH2]CCCC(N(C)C)N(C)C. The molecular formula is C11H26N2Si. The number of allylic oxidation sites excluding steroid dienone is 1. The Kier molecular flexibility index (Phi) is 8.13. The summed E-state index contributed by atoms with van der Waals surface area (Å²) in [4.78, 5) is 4.61. The van der Waals surface area contributed by atoms with E-state index >= 15 is 0 Å². The van der Waals surface area contributed by atoms with Crippen LogP contribution in [0.2, 0.25) is 6.04 Å². The Bertz CT molecular complexity index is 147. The minimum absolute atomic E-state index is 0.102. The van der Waals surface area contributed by atoms with E-state index in [1.165, 1.54) is 18.9 Å². The Hall–Kier alpha value is -0.123. The average molecular weight is 214 g/mol. The highest BCUT2D eigenvalue weighted by Crippen LogP contribution is 2.08. The maximum atomic E-state index is 2.39. The van der Waals surface area contributed by atoms with Gasteiger partial charge in [0, 0.05) is 9.52 Å². The summed E-state index contributed by atoms with van der Waals surface area (Å²) in [7, 11) is 8.74. The Labute approximate surface area is 91.8 Å². The van der Waals surface area contributed by atoms with Crippen LogP contribution in [-0.4, -0.2) is 53.7 Å². The van der Waals surface area contributed by atoms with Gasteiger partial charge in [0.05, 0.1) is 6.17 Å². The Morgan fingerprint density at radius 1 is 1.14 bits per heavy atom. The third kappa shape index (κ3) is 6.35. The highest BCUT2D eigenvalue weighted by atomic mass is 28.2. The number of rotatable bonds is 7. The molecule has 84 valence electrons. The van der Waals surface area contributed by atoms with Crippen molar-refractivity contribution in [3.8, 4) is 0 Å². The molecule has 0 aliphatic heterocycles. The molecule has 0 heterocycles. The molecule has 0 aromatic carbocycles. The fourth-order valence-corrected chi connectivity index (χ4v) is 2.88. The van der Waals surface area contributed by atoms with Crippen molar-refractivity contribution in [2.45, 2.75) is 32.0 Å². The molecule has 14 heavy (non-hydrogen) atoms. The summed E-state index contributed by atoms with van der Waals surface area (Å²) in [6, 6.07) is 1.45. The molecule has 0 bridgehead atoms. The second kappa shape index (κ2) is 8.21. The molecule has 0 amide bonds. The van der Waals surface area contributed by atoms with Crippen LogP contribution in [-0.2, 0) is 0 Å². The lowest BCUT2D eigenvalue weighted by Crippen LogP contribution is -2.40. The fourth-order valence-electron chi connectivity index (χ4n) is 1.73. The highest BCUT2D eigenvalue weighted by molar-refractivity contribution is 6.41. The van der Waals surface area contributed by atoms with Crippen LogP contribution >= 0.6 is 0 Å². The van der Waals surface area contributed by atoms with Gasteiger partial charge in [-0.15, -0.1) is 5.70 Å². The molecule has 0 spiro atoms. The van der Waals surface area contributed by atoms with Crippen molar-refractivity contribution in [3.05, 3.63) is 11.8 Å². The highest BCUT2D eigenvalue weighted by Gasteiger charge is 2.12. The first-order chi connectivity index (χ1) is 6.59. The summed E-state index contributed by atoms with van der Waals surface area (Å²) in [6.45, 7) is 2.12. The van der Waals surface area contributed by atoms with Crippen molar-refractivity contribution in [2.24, 2.45) is 0 Å². The van der Waals surface area contributed by atoms with Crippen LogP contribution in [0.25, 0.3) is 0 Å².